The zero-order valence-electron chi connectivity index (χ0n) is 9.48. The Hall–Kier alpha value is -2.50. The minimum atomic E-state index is -0.473. The summed E-state index contributed by atoms with van der Waals surface area (Å²) >= 11 is 0. The molecule has 1 aliphatic rings. The van der Waals surface area contributed by atoms with E-state index >= 15 is 0 Å². The van der Waals surface area contributed by atoms with Gasteiger partial charge >= 0.3 is 0 Å². The summed E-state index contributed by atoms with van der Waals surface area (Å²) in [6, 6.07) is 5.43. The molecule has 0 amide bonds. The molecule has 1 aliphatic carbocycles. The molecular formula is C12H11N3O3. The number of aliphatic hydroxyl groups excluding tert-OH is 1. The summed E-state index contributed by atoms with van der Waals surface area (Å²) in [5, 5.41) is 20.2. The largest absolute Gasteiger partial charge is 0.506 e. The molecule has 1 N–H and O–H groups in total. The fourth-order valence-electron chi connectivity index (χ4n) is 1.52. The molecule has 0 radical (unpaired) electrons. The standard InChI is InChI=1S/C12H11N3O3/c16-12-5-4-10(15(17)18)7-11(12)14-8-9-3-1-2-6-13-9/h1-6,16H,7-8H2. The number of aliphatic imine (C=N–C) groups is 1. The Morgan fingerprint density at radius 2 is 2.28 bits per heavy atom. The molecular weight excluding hydrogens is 234 g/mol. The summed E-state index contributed by atoms with van der Waals surface area (Å²) in [7, 11) is 0. The minimum Gasteiger partial charge on any atom is -0.506 e. The van der Waals surface area contributed by atoms with E-state index in [4.69, 9.17) is 0 Å². The average molecular weight is 245 g/mol. The smallest absolute Gasteiger partial charge is 0.252 e. The molecule has 0 saturated heterocycles. The Kier molecular flexibility index (Phi) is 3.47. The van der Waals surface area contributed by atoms with Crippen LogP contribution in [0, 0.1) is 10.1 Å². The molecule has 6 nitrogen and oxygen atoms in total. The number of hydrogen-bond donors (Lipinski definition) is 1. The highest BCUT2D eigenvalue weighted by atomic mass is 16.6. The van der Waals surface area contributed by atoms with Crippen molar-refractivity contribution in [1.29, 1.82) is 0 Å². The second kappa shape index (κ2) is 5.22. The van der Waals surface area contributed by atoms with E-state index in [9.17, 15) is 15.2 Å². The van der Waals surface area contributed by atoms with Crippen LogP contribution in [0.25, 0.3) is 0 Å². The summed E-state index contributed by atoms with van der Waals surface area (Å²) in [6.45, 7) is 0.291. The van der Waals surface area contributed by atoms with Gasteiger partial charge in [-0.1, -0.05) is 6.07 Å². The highest BCUT2D eigenvalue weighted by Crippen LogP contribution is 2.15. The number of nitro groups is 1. The maximum atomic E-state index is 10.6. The first-order chi connectivity index (χ1) is 8.66. The second-order valence-electron chi connectivity index (χ2n) is 3.73. The Bertz CT molecular complexity index is 547. The molecule has 1 aromatic rings. The first-order valence-electron chi connectivity index (χ1n) is 5.34. The lowest BCUT2D eigenvalue weighted by Crippen LogP contribution is -2.13. The van der Waals surface area contributed by atoms with Crippen LogP contribution in [0.15, 0.2) is 53.0 Å². The van der Waals surface area contributed by atoms with Gasteiger partial charge in [-0.3, -0.25) is 20.1 Å². The van der Waals surface area contributed by atoms with Gasteiger partial charge in [0.15, 0.2) is 0 Å². The predicted octanol–water partition coefficient (Wildman–Crippen LogP) is 2.03. The second-order valence-corrected chi connectivity index (χ2v) is 3.73. The summed E-state index contributed by atoms with van der Waals surface area (Å²) in [5.41, 5.74) is 1.08. The molecule has 0 aromatic carbocycles. The van der Waals surface area contributed by atoms with Crippen molar-refractivity contribution >= 4 is 5.71 Å². The Labute approximate surface area is 103 Å². The lowest BCUT2D eigenvalue weighted by Gasteiger charge is -2.08. The van der Waals surface area contributed by atoms with E-state index in [-0.39, 0.29) is 17.9 Å². The fraction of sp³-hybridized carbons (Fsp3) is 0.167. The number of allylic oxidation sites excluding steroid dienone is 4. The van der Waals surface area contributed by atoms with Crippen LogP contribution in [0.1, 0.15) is 12.1 Å². The monoisotopic (exact) mass is 245 g/mol. The Balaban J connectivity index is 2.13. The molecule has 1 heterocycles. The number of nitrogens with zero attached hydrogens (tertiary/aromatic N) is 3. The number of aromatic nitrogens is 1. The average Bonchev–Trinajstić information content (AvgIpc) is 2.38. The van der Waals surface area contributed by atoms with Crippen LogP contribution in [0.3, 0.4) is 0 Å². The van der Waals surface area contributed by atoms with Crippen LogP contribution in [0.5, 0.6) is 0 Å². The summed E-state index contributed by atoms with van der Waals surface area (Å²) < 4.78 is 0. The Morgan fingerprint density at radius 1 is 1.44 bits per heavy atom. The van der Waals surface area contributed by atoms with Gasteiger partial charge in [0.05, 0.1) is 29.3 Å². The first kappa shape index (κ1) is 12.0. The number of hydrogen-bond acceptors (Lipinski definition) is 5. The third kappa shape index (κ3) is 2.79. The minimum absolute atomic E-state index is 0.0209. The van der Waals surface area contributed by atoms with Crippen LogP contribution >= 0.6 is 0 Å². The number of rotatable bonds is 3. The van der Waals surface area contributed by atoms with Gasteiger partial charge in [-0.2, -0.15) is 0 Å². The van der Waals surface area contributed by atoms with Crippen LogP contribution in [-0.4, -0.2) is 20.7 Å². The van der Waals surface area contributed by atoms with E-state index in [1.54, 1.807) is 18.3 Å². The van der Waals surface area contributed by atoms with Crippen LogP contribution < -0.4 is 0 Å². The van der Waals surface area contributed by atoms with Crippen LogP contribution in [0.2, 0.25) is 0 Å². The van der Waals surface area contributed by atoms with Crippen molar-refractivity contribution in [2.45, 2.75) is 13.0 Å². The third-order valence-electron chi connectivity index (χ3n) is 2.47. The maximum absolute atomic E-state index is 10.6. The van der Waals surface area contributed by atoms with Gasteiger partial charge in [0.25, 0.3) is 5.70 Å². The summed E-state index contributed by atoms with van der Waals surface area (Å²) in [5.74, 6) is -0.0310. The van der Waals surface area contributed by atoms with Crippen molar-refractivity contribution < 1.29 is 10.0 Å². The molecule has 0 aliphatic heterocycles. The molecule has 0 fully saturated rings. The third-order valence-corrected chi connectivity index (χ3v) is 2.47. The number of pyridine rings is 1. The van der Waals surface area contributed by atoms with E-state index in [0.29, 0.717) is 12.3 Å². The fourth-order valence-corrected chi connectivity index (χ4v) is 1.52. The summed E-state index contributed by atoms with van der Waals surface area (Å²) in [6.07, 6.45) is 4.25. The normalized spacial score (nSPS) is 17.2. The molecule has 0 atom stereocenters. The van der Waals surface area contributed by atoms with Gasteiger partial charge in [0, 0.05) is 12.3 Å². The zero-order chi connectivity index (χ0) is 13.0. The van der Waals surface area contributed by atoms with E-state index in [2.05, 4.69) is 9.98 Å². The van der Waals surface area contributed by atoms with E-state index < -0.39 is 4.92 Å². The predicted molar refractivity (Wildman–Crippen MR) is 65.8 cm³/mol. The topological polar surface area (TPSA) is 88.6 Å². The van der Waals surface area contributed by atoms with E-state index in [1.165, 1.54) is 12.2 Å². The molecule has 1 aromatic heterocycles. The van der Waals surface area contributed by atoms with Crippen molar-refractivity contribution in [2.24, 2.45) is 4.99 Å². The van der Waals surface area contributed by atoms with Crippen molar-refractivity contribution in [1.82, 2.24) is 4.98 Å². The molecule has 6 heteroatoms. The maximum Gasteiger partial charge on any atom is 0.252 e. The first-order valence-corrected chi connectivity index (χ1v) is 5.34. The quantitative estimate of drug-likeness (QED) is 0.651. The van der Waals surface area contributed by atoms with Crippen molar-refractivity contribution in [3.8, 4) is 0 Å². The molecule has 2 rings (SSSR count). The van der Waals surface area contributed by atoms with E-state index in [1.807, 2.05) is 6.07 Å². The van der Waals surface area contributed by atoms with Crippen LogP contribution in [-0.2, 0) is 6.54 Å². The van der Waals surface area contributed by atoms with Crippen molar-refractivity contribution in [2.75, 3.05) is 0 Å². The van der Waals surface area contributed by atoms with Gasteiger partial charge in [0.2, 0.25) is 0 Å². The molecule has 92 valence electrons. The molecule has 0 unspecified atom stereocenters. The molecule has 0 saturated carbocycles. The van der Waals surface area contributed by atoms with Gasteiger partial charge in [-0.05, 0) is 18.2 Å². The molecule has 18 heavy (non-hydrogen) atoms. The molecule has 0 spiro atoms. The number of aliphatic hydroxyl groups is 1. The van der Waals surface area contributed by atoms with Gasteiger partial charge < -0.3 is 5.11 Å². The van der Waals surface area contributed by atoms with Crippen molar-refractivity contribution in [3.05, 3.63) is 63.8 Å². The van der Waals surface area contributed by atoms with Crippen molar-refractivity contribution in [3.63, 3.8) is 0 Å². The van der Waals surface area contributed by atoms with E-state index in [0.717, 1.165) is 5.69 Å². The van der Waals surface area contributed by atoms with Gasteiger partial charge in [-0.25, -0.2) is 0 Å². The zero-order valence-corrected chi connectivity index (χ0v) is 9.48. The molecule has 0 bridgehead atoms. The Morgan fingerprint density at radius 3 is 2.94 bits per heavy atom. The highest BCUT2D eigenvalue weighted by Gasteiger charge is 2.20. The highest BCUT2D eigenvalue weighted by molar-refractivity contribution is 6.00. The lowest BCUT2D eigenvalue weighted by molar-refractivity contribution is -0.426. The van der Waals surface area contributed by atoms with Gasteiger partial charge in [-0.15, -0.1) is 0 Å². The van der Waals surface area contributed by atoms with Crippen LogP contribution in [0.4, 0.5) is 0 Å². The van der Waals surface area contributed by atoms with Gasteiger partial charge in [0.1, 0.15) is 5.76 Å². The SMILES string of the molecule is O=[N+]([O-])C1=CC=C(O)C(=NCc2ccccn2)C1. The summed E-state index contributed by atoms with van der Waals surface area (Å²) in [4.78, 5) is 18.4. The lowest BCUT2D eigenvalue weighted by atomic mass is 10.1.